The minimum atomic E-state index is 0. The van der Waals surface area contributed by atoms with Gasteiger partial charge in [0.1, 0.15) is 11.6 Å². The Balaban J connectivity index is 0.00000272. The highest BCUT2D eigenvalue weighted by Crippen LogP contribution is 2.30. The molecule has 0 radical (unpaired) electrons. The zero-order valence-corrected chi connectivity index (χ0v) is 20.7. The lowest BCUT2D eigenvalue weighted by atomic mass is 10.2. The van der Waals surface area contributed by atoms with Gasteiger partial charge in [0.05, 0.1) is 12.8 Å². The van der Waals surface area contributed by atoms with Crippen molar-refractivity contribution >= 4 is 41.4 Å². The first kappa shape index (κ1) is 23.4. The van der Waals surface area contributed by atoms with Crippen molar-refractivity contribution in [3.8, 4) is 5.75 Å². The van der Waals surface area contributed by atoms with Crippen LogP contribution in [0.1, 0.15) is 24.8 Å². The van der Waals surface area contributed by atoms with Crippen molar-refractivity contribution in [3.05, 3.63) is 48.2 Å². The van der Waals surface area contributed by atoms with E-state index in [-0.39, 0.29) is 24.0 Å². The zero-order chi connectivity index (χ0) is 20.8. The largest absolute Gasteiger partial charge is 0.495 e. The van der Waals surface area contributed by atoms with Gasteiger partial charge in [0, 0.05) is 52.0 Å². The number of anilines is 2. The van der Waals surface area contributed by atoms with Crippen LogP contribution in [0.4, 0.5) is 11.5 Å². The molecule has 2 N–H and O–H groups in total. The fraction of sp³-hybridized carbons (Fsp3) is 0.478. The molecular weight excluding hydrogens is 503 g/mol. The number of guanidine groups is 1. The first-order valence-corrected chi connectivity index (χ1v) is 10.8. The van der Waals surface area contributed by atoms with Gasteiger partial charge in [-0.15, -0.1) is 24.0 Å². The van der Waals surface area contributed by atoms with Crippen molar-refractivity contribution in [2.45, 2.75) is 31.8 Å². The van der Waals surface area contributed by atoms with Crippen LogP contribution >= 0.6 is 24.0 Å². The average molecular weight is 536 g/mol. The molecule has 0 spiro atoms. The van der Waals surface area contributed by atoms with Crippen molar-refractivity contribution < 1.29 is 4.74 Å². The van der Waals surface area contributed by atoms with Crippen LogP contribution in [0.25, 0.3) is 0 Å². The lowest BCUT2D eigenvalue weighted by Gasteiger charge is -2.22. The maximum atomic E-state index is 5.52. The number of nitrogens with zero attached hydrogens (tertiary/aromatic N) is 4. The van der Waals surface area contributed by atoms with Crippen LogP contribution in [0.2, 0.25) is 0 Å². The van der Waals surface area contributed by atoms with Crippen LogP contribution in [0.3, 0.4) is 0 Å². The third-order valence-electron chi connectivity index (χ3n) is 5.88. The normalized spacial score (nSPS) is 18.6. The fourth-order valence-corrected chi connectivity index (χ4v) is 4.22. The lowest BCUT2D eigenvalue weighted by molar-refractivity contribution is 0.415. The van der Waals surface area contributed by atoms with E-state index >= 15 is 0 Å². The molecule has 168 valence electrons. The minimum Gasteiger partial charge on any atom is -0.495 e. The van der Waals surface area contributed by atoms with Crippen LogP contribution in [-0.4, -0.2) is 57.3 Å². The van der Waals surface area contributed by atoms with Crippen molar-refractivity contribution in [1.82, 2.24) is 15.6 Å². The highest BCUT2D eigenvalue weighted by Gasteiger charge is 2.25. The Morgan fingerprint density at radius 3 is 2.65 bits per heavy atom. The van der Waals surface area contributed by atoms with E-state index in [0.29, 0.717) is 12.6 Å². The summed E-state index contributed by atoms with van der Waals surface area (Å²) < 4.78 is 5.52. The molecule has 3 heterocycles. The Morgan fingerprint density at radius 1 is 1.13 bits per heavy atom. The van der Waals surface area contributed by atoms with E-state index in [2.05, 4.69) is 54.7 Å². The van der Waals surface area contributed by atoms with Gasteiger partial charge < -0.3 is 25.2 Å². The Hall–Kier alpha value is -2.23. The van der Waals surface area contributed by atoms with Crippen molar-refractivity contribution in [2.24, 2.45) is 4.99 Å². The number of nitrogens with one attached hydrogen (secondary N) is 2. The molecule has 7 nitrogen and oxygen atoms in total. The number of hydrogen-bond donors (Lipinski definition) is 2. The van der Waals surface area contributed by atoms with E-state index in [0.717, 1.165) is 61.4 Å². The van der Waals surface area contributed by atoms with Crippen LogP contribution < -0.4 is 25.2 Å². The summed E-state index contributed by atoms with van der Waals surface area (Å²) in [4.78, 5) is 13.8. The summed E-state index contributed by atoms with van der Waals surface area (Å²) in [6, 6.07) is 12.8. The third-order valence-corrected chi connectivity index (χ3v) is 5.88. The van der Waals surface area contributed by atoms with Crippen LogP contribution in [0.5, 0.6) is 5.75 Å². The first-order chi connectivity index (χ1) is 14.8. The molecule has 0 bridgehead atoms. The van der Waals surface area contributed by atoms with Gasteiger partial charge in [0.25, 0.3) is 0 Å². The van der Waals surface area contributed by atoms with Gasteiger partial charge in [-0.25, -0.2) is 4.98 Å². The molecule has 4 rings (SSSR count). The molecule has 0 amide bonds. The Kier molecular flexibility index (Phi) is 8.62. The maximum Gasteiger partial charge on any atom is 0.191 e. The summed E-state index contributed by atoms with van der Waals surface area (Å²) >= 11 is 0. The molecule has 8 heteroatoms. The van der Waals surface area contributed by atoms with Crippen LogP contribution in [0.15, 0.2) is 47.6 Å². The number of rotatable bonds is 6. The quantitative estimate of drug-likeness (QED) is 0.336. The van der Waals surface area contributed by atoms with Gasteiger partial charge in [-0.05, 0) is 43.0 Å². The lowest BCUT2D eigenvalue weighted by Crippen LogP contribution is -2.44. The summed E-state index contributed by atoms with van der Waals surface area (Å²) in [5.41, 5.74) is 2.30. The van der Waals surface area contributed by atoms with Crippen molar-refractivity contribution in [1.29, 1.82) is 0 Å². The molecule has 2 aromatic rings. The number of aliphatic imine (C=N–C) groups is 1. The summed E-state index contributed by atoms with van der Waals surface area (Å²) in [6.45, 7) is 4.86. The number of aromatic nitrogens is 1. The zero-order valence-electron chi connectivity index (χ0n) is 18.4. The number of ether oxygens (including phenoxy) is 1. The third kappa shape index (κ3) is 5.93. The smallest absolute Gasteiger partial charge is 0.191 e. The molecule has 31 heavy (non-hydrogen) atoms. The highest BCUT2D eigenvalue weighted by molar-refractivity contribution is 14.0. The number of methoxy groups -OCH3 is 1. The summed E-state index contributed by atoms with van der Waals surface area (Å²) in [5.74, 6) is 2.83. The second-order valence-corrected chi connectivity index (χ2v) is 7.89. The topological polar surface area (TPSA) is 65.0 Å². The molecule has 0 aliphatic carbocycles. The number of halogens is 1. The summed E-state index contributed by atoms with van der Waals surface area (Å²) in [6.07, 6.45) is 5.56. The second-order valence-electron chi connectivity index (χ2n) is 7.89. The number of hydrogen-bond acceptors (Lipinski definition) is 5. The Bertz CT molecular complexity index is 853. The fourth-order valence-electron chi connectivity index (χ4n) is 4.22. The average Bonchev–Trinajstić information content (AvgIpc) is 3.49. The van der Waals surface area contributed by atoms with E-state index in [1.807, 2.05) is 25.4 Å². The molecule has 0 saturated carbocycles. The molecule has 1 aromatic carbocycles. The van der Waals surface area contributed by atoms with E-state index < -0.39 is 0 Å². The van der Waals surface area contributed by atoms with Crippen LogP contribution in [-0.2, 0) is 6.54 Å². The van der Waals surface area contributed by atoms with Crippen LogP contribution in [0, 0.1) is 0 Å². The molecule has 2 fully saturated rings. The highest BCUT2D eigenvalue weighted by atomic mass is 127. The standard InChI is InChI=1S/C23H32N6O.HI/c1-24-23(26-16-18-9-10-22(25-15-18)28-12-5-6-13-28)27-19-11-14-29(17-19)20-7-3-4-8-21(20)30-2;/h3-4,7-10,15,19H,5-6,11-14,16-17H2,1-2H3,(H2,24,26,27);1H. The van der Waals surface area contributed by atoms with E-state index in [1.54, 1.807) is 7.11 Å². The number of para-hydroxylation sites is 2. The van der Waals surface area contributed by atoms with Gasteiger partial charge in [-0.1, -0.05) is 18.2 Å². The predicted octanol–water partition coefficient (Wildman–Crippen LogP) is 3.25. The molecular formula is C23H33IN6O. The number of benzene rings is 1. The van der Waals surface area contributed by atoms with E-state index in [9.17, 15) is 0 Å². The van der Waals surface area contributed by atoms with E-state index in [1.165, 1.54) is 12.8 Å². The second kappa shape index (κ2) is 11.4. The maximum absolute atomic E-state index is 5.52. The molecule has 1 aromatic heterocycles. The van der Waals surface area contributed by atoms with Gasteiger partial charge in [0.15, 0.2) is 5.96 Å². The minimum absolute atomic E-state index is 0. The molecule has 1 atom stereocenters. The SMILES string of the molecule is CN=C(NCc1ccc(N2CCCC2)nc1)NC1CCN(c2ccccc2OC)C1.I. The molecule has 2 saturated heterocycles. The van der Waals surface area contributed by atoms with Gasteiger partial charge >= 0.3 is 0 Å². The summed E-state index contributed by atoms with van der Waals surface area (Å²) in [5, 5.41) is 6.98. The first-order valence-electron chi connectivity index (χ1n) is 10.8. The summed E-state index contributed by atoms with van der Waals surface area (Å²) in [7, 11) is 3.54. The van der Waals surface area contributed by atoms with Crippen molar-refractivity contribution in [2.75, 3.05) is 50.1 Å². The molecule has 1 unspecified atom stereocenters. The van der Waals surface area contributed by atoms with Crippen molar-refractivity contribution in [3.63, 3.8) is 0 Å². The van der Waals surface area contributed by atoms with Gasteiger partial charge in [-0.2, -0.15) is 0 Å². The Morgan fingerprint density at radius 2 is 1.94 bits per heavy atom. The number of pyridine rings is 1. The Labute approximate surface area is 202 Å². The van der Waals surface area contributed by atoms with E-state index in [4.69, 9.17) is 4.74 Å². The van der Waals surface area contributed by atoms with Gasteiger partial charge in [0.2, 0.25) is 0 Å². The molecule has 2 aliphatic heterocycles. The molecule has 2 aliphatic rings. The predicted molar refractivity (Wildman–Crippen MR) is 138 cm³/mol. The van der Waals surface area contributed by atoms with Gasteiger partial charge in [-0.3, -0.25) is 4.99 Å². The monoisotopic (exact) mass is 536 g/mol.